The molecule has 0 bridgehead atoms. The Balaban J connectivity index is 1.69. The van der Waals surface area contributed by atoms with Crippen molar-refractivity contribution in [3.8, 4) is 11.4 Å². The molecular weight excluding hydrogens is 390 g/mol. The molecule has 0 saturated carbocycles. The molecule has 0 fully saturated rings. The number of hydrogen-bond acceptors (Lipinski definition) is 6. The van der Waals surface area contributed by atoms with Crippen LogP contribution in [0.4, 0.5) is 11.4 Å². The number of para-hydroxylation sites is 1. The fraction of sp³-hybridized carbons (Fsp3) is 0.118. The quantitative estimate of drug-likeness (QED) is 0.381. The second-order valence-corrected chi connectivity index (χ2v) is 6.84. The second kappa shape index (κ2) is 8.19. The van der Waals surface area contributed by atoms with Gasteiger partial charge in [0.1, 0.15) is 0 Å². The lowest BCUT2D eigenvalue weighted by molar-refractivity contribution is -0.384. The molecule has 1 heterocycles. The first-order valence-electron chi connectivity index (χ1n) is 7.77. The molecule has 0 spiro atoms. The third kappa shape index (κ3) is 4.44. The second-order valence-electron chi connectivity index (χ2n) is 5.49. The van der Waals surface area contributed by atoms with E-state index in [-0.39, 0.29) is 17.3 Å². The Morgan fingerprint density at radius 1 is 1.26 bits per heavy atom. The molecule has 2 aromatic carbocycles. The summed E-state index contributed by atoms with van der Waals surface area (Å²) in [4.78, 5) is 22.6. The van der Waals surface area contributed by atoms with Gasteiger partial charge >= 0.3 is 0 Å². The molecule has 138 valence electrons. The Bertz CT molecular complexity index is 1010. The third-order valence-corrected chi connectivity index (χ3v) is 4.98. The molecule has 10 heteroatoms. The van der Waals surface area contributed by atoms with Crippen molar-refractivity contribution in [2.45, 2.75) is 5.16 Å². The van der Waals surface area contributed by atoms with Crippen molar-refractivity contribution in [2.24, 2.45) is 7.05 Å². The highest BCUT2D eigenvalue weighted by Gasteiger charge is 2.15. The number of rotatable bonds is 6. The number of nitrogens with one attached hydrogen (secondary N) is 1. The van der Waals surface area contributed by atoms with E-state index in [4.69, 9.17) is 11.6 Å². The minimum Gasteiger partial charge on any atom is -0.324 e. The molecule has 3 aromatic rings. The lowest BCUT2D eigenvalue weighted by Gasteiger charge is -2.07. The van der Waals surface area contributed by atoms with E-state index in [1.165, 1.54) is 23.9 Å². The Kier molecular flexibility index (Phi) is 5.72. The minimum absolute atomic E-state index is 0.0242. The largest absolute Gasteiger partial charge is 0.324 e. The molecule has 27 heavy (non-hydrogen) atoms. The predicted octanol–water partition coefficient (Wildman–Crippen LogP) is 3.77. The fourth-order valence-electron chi connectivity index (χ4n) is 2.33. The maximum Gasteiger partial charge on any atom is 0.270 e. The summed E-state index contributed by atoms with van der Waals surface area (Å²) in [5.41, 5.74) is 1.09. The number of anilines is 1. The molecule has 1 N–H and O–H groups in total. The van der Waals surface area contributed by atoms with E-state index in [1.54, 1.807) is 48.0 Å². The van der Waals surface area contributed by atoms with Crippen molar-refractivity contribution in [2.75, 3.05) is 11.1 Å². The summed E-state index contributed by atoms with van der Waals surface area (Å²) in [6, 6.07) is 13.1. The van der Waals surface area contributed by atoms with E-state index < -0.39 is 4.92 Å². The van der Waals surface area contributed by atoms with Gasteiger partial charge in [0, 0.05) is 24.7 Å². The average Bonchev–Trinajstić information content (AvgIpc) is 3.02. The molecule has 0 unspecified atom stereocenters. The molecule has 1 amide bonds. The van der Waals surface area contributed by atoms with E-state index in [0.717, 1.165) is 0 Å². The van der Waals surface area contributed by atoms with Gasteiger partial charge in [-0.15, -0.1) is 10.2 Å². The van der Waals surface area contributed by atoms with Crippen molar-refractivity contribution in [3.05, 3.63) is 63.7 Å². The van der Waals surface area contributed by atoms with E-state index in [2.05, 4.69) is 15.5 Å². The Labute approximate surface area is 163 Å². The van der Waals surface area contributed by atoms with Gasteiger partial charge in [-0.2, -0.15) is 0 Å². The van der Waals surface area contributed by atoms with Crippen molar-refractivity contribution in [1.82, 2.24) is 14.8 Å². The number of amides is 1. The van der Waals surface area contributed by atoms with Crippen LogP contribution in [0.25, 0.3) is 11.4 Å². The maximum atomic E-state index is 12.1. The Morgan fingerprint density at radius 3 is 2.78 bits per heavy atom. The summed E-state index contributed by atoms with van der Waals surface area (Å²) in [6.07, 6.45) is 0. The number of nitrogens with zero attached hydrogens (tertiary/aromatic N) is 4. The number of benzene rings is 2. The van der Waals surface area contributed by atoms with Crippen molar-refractivity contribution < 1.29 is 9.72 Å². The molecule has 1 aromatic heterocycles. The van der Waals surface area contributed by atoms with Gasteiger partial charge in [0.15, 0.2) is 11.0 Å². The zero-order chi connectivity index (χ0) is 19.4. The topological polar surface area (TPSA) is 103 Å². The zero-order valence-electron chi connectivity index (χ0n) is 14.1. The number of carbonyl (C=O) groups is 1. The standard InChI is InChI=1S/C17H14ClN5O3S/c1-22-16(11-5-4-6-12(9-11)23(25)26)20-21-17(22)27-10-15(24)19-14-8-3-2-7-13(14)18/h2-9H,10H2,1H3,(H,19,24). The Hall–Kier alpha value is -2.91. The van der Waals surface area contributed by atoms with Gasteiger partial charge in [0.05, 0.1) is 21.4 Å². The van der Waals surface area contributed by atoms with E-state index >= 15 is 0 Å². The summed E-state index contributed by atoms with van der Waals surface area (Å²) < 4.78 is 1.69. The van der Waals surface area contributed by atoms with Crippen LogP contribution in [0.5, 0.6) is 0 Å². The molecule has 8 nitrogen and oxygen atoms in total. The molecule has 0 radical (unpaired) electrons. The number of halogens is 1. The molecule has 0 atom stereocenters. The van der Waals surface area contributed by atoms with Gasteiger partial charge in [-0.3, -0.25) is 14.9 Å². The number of aromatic nitrogens is 3. The smallest absolute Gasteiger partial charge is 0.270 e. The Morgan fingerprint density at radius 2 is 2.04 bits per heavy atom. The minimum atomic E-state index is -0.464. The first-order chi connectivity index (χ1) is 13.0. The van der Waals surface area contributed by atoms with E-state index in [0.29, 0.717) is 27.3 Å². The third-order valence-electron chi connectivity index (χ3n) is 3.63. The van der Waals surface area contributed by atoms with Gasteiger partial charge in [-0.05, 0) is 12.1 Å². The van der Waals surface area contributed by atoms with Gasteiger partial charge in [-0.1, -0.05) is 47.6 Å². The zero-order valence-corrected chi connectivity index (χ0v) is 15.7. The van der Waals surface area contributed by atoms with Crippen LogP contribution in [0.15, 0.2) is 53.7 Å². The number of hydrogen-bond donors (Lipinski definition) is 1. The van der Waals surface area contributed by atoms with Crippen LogP contribution < -0.4 is 5.32 Å². The molecule has 0 saturated heterocycles. The van der Waals surface area contributed by atoms with Crippen molar-refractivity contribution >= 4 is 40.6 Å². The molecular formula is C17H14ClN5O3S. The van der Waals surface area contributed by atoms with Gasteiger partial charge in [-0.25, -0.2) is 0 Å². The highest BCUT2D eigenvalue weighted by Crippen LogP contribution is 2.26. The monoisotopic (exact) mass is 403 g/mol. The van der Waals surface area contributed by atoms with Crippen LogP contribution in [0.1, 0.15) is 0 Å². The van der Waals surface area contributed by atoms with Crippen molar-refractivity contribution in [1.29, 1.82) is 0 Å². The molecule has 3 rings (SSSR count). The molecule has 0 aliphatic rings. The van der Waals surface area contributed by atoms with Crippen LogP contribution in [0, 0.1) is 10.1 Å². The molecule has 0 aliphatic carbocycles. The predicted molar refractivity (Wildman–Crippen MR) is 104 cm³/mol. The van der Waals surface area contributed by atoms with E-state index in [1.807, 2.05) is 0 Å². The first-order valence-corrected chi connectivity index (χ1v) is 9.13. The lowest BCUT2D eigenvalue weighted by atomic mass is 10.2. The number of thioether (sulfide) groups is 1. The lowest BCUT2D eigenvalue weighted by Crippen LogP contribution is -2.14. The van der Waals surface area contributed by atoms with Crippen molar-refractivity contribution in [3.63, 3.8) is 0 Å². The average molecular weight is 404 g/mol. The number of carbonyl (C=O) groups excluding carboxylic acids is 1. The van der Waals surface area contributed by atoms with Gasteiger partial charge < -0.3 is 9.88 Å². The van der Waals surface area contributed by atoms with Crippen LogP contribution >= 0.6 is 23.4 Å². The maximum absolute atomic E-state index is 12.1. The summed E-state index contributed by atoms with van der Waals surface area (Å²) in [7, 11) is 1.74. The first kappa shape index (κ1) is 18.9. The summed E-state index contributed by atoms with van der Waals surface area (Å²) in [6.45, 7) is 0. The highest BCUT2D eigenvalue weighted by atomic mass is 35.5. The SMILES string of the molecule is Cn1c(SCC(=O)Nc2ccccc2Cl)nnc1-c1cccc([N+](=O)[O-])c1. The van der Waals surface area contributed by atoms with Crippen LogP contribution in [0.2, 0.25) is 5.02 Å². The van der Waals surface area contributed by atoms with Gasteiger partial charge in [0.2, 0.25) is 5.91 Å². The highest BCUT2D eigenvalue weighted by molar-refractivity contribution is 7.99. The molecule has 0 aliphatic heterocycles. The van der Waals surface area contributed by atoms with Crippen LogP contribution in [-0.4, -0.2) is 31.3 Å². The van der Waals surface area contributed by atoms with Crippen LogP contribution in [0.3, 0.4) is 0 Å². The summed E-state index contributed by atoms with van der Waals surface area (Å²) in [5.74, 6) is 0.368. The van der Waals surface area contributed by atoms with E-state index in [9.17, 15) is 14.9 Å². The summed E-state index contributed by atoms with van der Waals surface area (Å²) >= 11 is 7.23. The number of nitro benzene ring substituents is 1. The number of non-ortho nitro benzene ring substituents is 1. The summed E-state index contributed by atoms with van der Waals surface area (Å²) in [5, 5.41) is 22.8. The van der Waals surface area contributed by atoms with Crippen LogP contribution in [-0.2, 0) is 11.8 Å². The van der Waals surface area contributed by atoms with Gasteiger partial charge in [0.25, 0.3) is 5.69 Å². The normalized spacial score (nSPS) is 10.6. The number of nitro groups is 1. The fourth-order valence-corrected chi connectivity index (χ4v) is 3.22.